The monoisotopic (exact) mass is 405 g/mol. The fourth-order valence-electron chi connectivity index (χ4n) is 4.83. The molecular formula is C23H41N4O2+3. The van der Waals surface area contributed by atoms with E-state index in [9.17, 15) is 4.79 Å². The van der Waals surface area contributed by atoms with Crippen LogP contribution in [0.4, 0.5) is 5.69 Å². The fourth-order valence-corrected chi connectivity index (χ4v) is 4.83. The molecule has 1 aromatic rings. The summed E-state index contributed by atoms with van der Waals surface area (Å²) < 4.78 is 6.06. The molecule has 6 nitrogen and oxygen atoms in total. The summed E-state index contributed by atoms with van der Waals surface area (Å²) in [6.45, 7) is 19.2. The number of hydrogen-bond donors (Lipinski definition) is 4. The van der Waals surface area contributed by atoms with Crippen LogP contribution in [0.1, 0.15) is 25.0 Å². The van der Waals surface area contributed by atoms with Gasteiger partial charge in [-0.15, -0.1) is 0 Å². The Labute approximate surface area is 176 Å². The van der Waals surface area contributed by atoms with Crippen LogP contribution < -0.4 is 20.0 Å². The lowest BCUT2D eigenvalue weighted by Crippen LogP contribution is -3.29. The lowest BCUT2D eigenvalue weighted by Gasteiger charge is -2.35. The first kappa shape index (κ1) is 22.2. The van der Waals surface area contributed by atoms with Crippen molar-refractivity contribution in [3.8, 4) is 0 Å². The molecule has 0 radical (unpaired) electrons. The van der Waals surface area contributed by atoms with E-state index in [2.05, 4.69) is 45.1 Å². The number of benzene rings is 1. The van der Waals surface area contributed by atoms with Gasteiger partial charge in [0, 0.05) is 11.6 Å². The van der Waals surface area contributed by atoms with Crippen molar-refractivity contribution in [1.82, 2.24) is 0 Å². The molecule has 2 saturated heterocycles. The zero-order valence-electron chi connectivity index (χ0n) is 18.8. The maximum Gasteiger partial charge on any atom is 0.279 e. The third-order valence-corrected chi connectivity index (χ3v) is 6.36. The number of amides is 1. The molecule has 0 aromatic heterocycles. The summed E-state index contributed by atoms with van der Waals surface area (Å²) in [5.74, 6) is 0.877. The molecule has 6 heteroatoms. The molecular weight excluding hydrogens is 364 g/mol. The van der Waals surface area contributed by atoms with Crippen molar-refractivity contribution in [2.75, 3.05) is 70.8 Å². The second-order valence-electron chi connectivity index (χ2n) is 9.49. The quantitative estimate of drug-likeness (QED) is 0.423. The van der Waals surface area contributed by atoms with Crippen LogP contribution in [0.25, 0.3) is 0 Å². The van der Waals surface area contributed by atoms with E-state index in [1.807, 2.05) is 6.07 Å². The molecule has 3 rings (SSSR count). The van der Waals surface area contributed by atoms with E-state index in [-0.39, 0.29) is 5.91 Å². The zero-order chi connectivity index (χ0) is 20.8. The summed E-state index contributed by atoms with van der Waals surface area (Å²) in [4.78, 5) is 17.3. The Bertz CT molecular complexity index is 651. The highest BCUT2D eigenvalue weighted by Crippen LogP contribution is 2.18. The maximum absolute atomic E-state index is 12.5. The van der Waals surface area contributed by atoms with Gasteiger partial charge in [0.25, 0.3) is 5.91 Å². The lowest BCUT2D eigenvalue weighted by atomic mass is 10.1. The molecule has 0 spiro atoms. The molecule has 2 atom stereocenters. The van der Waals surface area contributed by atoms with Crippen molar-refractivity contribution < 1.29 is 24.2 Å². The lowest BCUT2D eigenvalue weighted by molar-refractivity contribution is -1.01. The number of carbonyl (C=O) groups is 1. The van der Waals surface area contributed by atoms with Crippen molar-refractivity contribution in [2.45, 2.75) is 33.8 Å². The standard InChI is InChI=1S/C23H38N4O2/c1-18(2)14-27-12-13-29-21(16-27)15-25-8-10-26(11-9-25)17-22(28)24-23-19(3)6-5-7-20(23)4/h5-7,18,21H,8-17H2,1-4H3,(H,24,28)/p+3/t21-/m1/s1. The van der Waals surface area contributed by atoms with Crippen LogP contribution in [-0.4, -0.2) is 77.5 Å². The van der Waals surface area contributed by atoms with Crippen LogP contribution in [0.15, 0.2) is 18.2 Å². The number of morpholine rings is 1. The zero-order valence-corrected chi connectivity index (χ0v) is 18.8. The Kier molecular flexibility index (Phi) is 8.07. The first-order valence-corrected chi connectivity index (χ1v) is 11.4. The number of hydrogen-bond acceptors (Lipinski definition) is 2. The van der Waals surface area contributed by atoms with E-state index < -0.39 is 0 Å². The van der Waals surface area contributed by atoms with Gasteiger partial charge in [-0.05, 0) is 25.0 Å². The van der Waals surface area contributed by atoms with Gasteiger partial charge in [0.2, 0.25) is 0 Å². The summed E-state index contributed by atoms with van der Waals surface area (Å²) in [6, 6.07) is 6.14. The van der Waals surface area contributed by atoms with Crippen LogP contribution in [0, 0.1) is 19.8 Å². The van der Waals surface area contributed by atoms with Gasteiger partial charge in [0.05, 0.1) is 13.2 Å². The second kappa shape index (κ2) is 10.5. The Balaban J connectivity index is 1.39. The number of piperazine rings is 1. The summed E-state index contributed by atoms with van der Waals surface area (Å²) in [5.41, 5.74) is 3.23. The molecule has 0 aliphatic carbocycles. The van der Waals surface area contributed by atoms with Gasteiger partial charge < -0.3 is 24.8 Å². The van der Waals surface area contributed by atoms with Crippen LogP contribution in [-0.2, 0) is 9.53 Å². The van der Waals surface area contributed by atoms with Crippen molar-refractivity contribution >= 4 is 11.6 Å². The Morgan fingerprint density at radius 3 is 2.38 bits per heavy atom. The highest BCUT2D eigenvalue weighted by atomic mass is 16.5. The van der Waals surface area contributed by atoms with E-state index in [4.69, 9.17) is 4.74 Å². The first-order chi connectivity index (χ1) is 13.9. The van der Waals surface area contributed by atoms with Crippen molar-refractivity contribution in [3.63, 3.8) is 0 Å². The number of ether oxygens (including phenoxy) is 1. The van der Waals surface area contributed by atoms with Crippen LogP contribution in [0.5, 0.6) is 0 Å². The molecule has 1 unspecified atom stereocenters. The molecule has 1 amide bonds. The summed E-state index contributed by atoms with van der Waals surface area (Å²) in [7, 11) is 0. The van der Waals surface area contributed by atoms with Gasteiger partial charge in [0.1, 0.15) is 45.8 Å². The number of nitrogens with one attached hydrogen (secondary N) is 4. The number of quaternary nitrogens is 3. The molecule has 2 aliphatic heterocycles. The van der Waals surface area contributed by atoms with Gasteiger partial charge in [-0.1, -0.05) is 32.0 Å². The van der Waals surface area contributed by atoms with E-state index in [1.54, 1.807) is 9.80 Å². The van der Waals surface area contributed by atoms with Gasteiger partial charge in [0.15, 0.2) is 12.6 Å². The number of aryl methyl sites for hydroxylation is 2. The largest absolute Gasteiger partial charge is 0.361 e. The predicted octanol–water partition coefficient (Wildman–Crippen LogP) is -2.03. The van der Waals surface area contributed by atoms with Crippen molar-refractivity contribution in [2.24, 2.45) is 5.92 Å². The van der Waals surface area contributed by atoms with Crippen LogP contribution in [0.3, 0.4) is 0 Å². The average Bonchev–Trinajstić information content (AvgIpc) is 2.66. The Hall–Kier alpha value is -1.47. The van der Waals surface area contributed by atoms with Gasteiger partial charge in [-0.3, -0.25) is 4.79 Å². The number of carbonyl (C=O) groups excluding carboxylic acids is 1. The molecule has 0 saturated carbocycles. The smallest absolute Gasteiger partial charge is 0.279 e. The number of rotatable bonds is 7. The van der Waals surface area contributed by atoms with E-state index in [0.717, 1.165) is 75.2 Å². The molecule has 2 fully saturated rings. The molecule has 4 N–H and O–H groups in total. The van der Waals surface area contributed by atoms with E-state index in [1.165, 1.54) is 11.4 Å². The molecule has 2 heterocycles. The summed E-state index contributed by atoms with van der Waals surface area (Å²) in [5, 5.41) is 3.13. The molecule has 1 aromatic carbocycles. The summed E-state index contributed by atoms with van der Waals surface area (Å²) in [6.07, 6.45) is 0.390. The van der Waals surface area contributed by atoms with Gasteiger partial charge in [-0.25, -0.2) is 0 Å². The van der Waals surface area contributed by atoms with Gasteiger partial charge >= 0.3 is 0 Å². The second-order valence-corrected chi connectivity index (χ2v) is 9.49. The number of para-hydroxylation sites is 1. The van der Waals surface area contributed by atoms with Crippen LogP contribution in [0.2, 0.25) is 0 Å². The molecule has 162 valence electrons. The Morgan fingerprint density at radius 2 is 1.72 bits per heavy atom. The topological polar surface area (TPSA) is 51.6 Å². The normalized spacial score (nSPS) is 27.8. The Morgan fingerprint density at radius 1 is 1.07 bits per heavy atom. The predicted molar refractivity (Wildman–Crippen MR) is 116 cm³/mol. The van der Waals surface area contributed by atoms with Crippen LogP contribution >= 0.6 is 0 Å². The van der Waals surface area contributed by atoms with Crippen molar-refractivity contribution in [1.29, 1.82) is 0 Å². The third kappa shape index (κ3) is 6.78. The van der Waals surface area contributed by atoms with Gasteiger partial charge in [-0.2, -0.15) is 0 Å². The minimum absolute atomic E-state index is 0.129. The SMILES string of the molecule is Cc1cccc(C)c1NC(=O)C[NH+]1CC[NH+](C[C@@H]2C[NH+](CC(C)C)CCO2)CC1. The van der Waals surface area contributed by atoms with E-state index in [0.29, 0.717) is 12.6 Å². The highest BCUT2D eigenvalue weighted by Gasteiger charge is 2.31. The third-order valence-electron chi connectivity index (χ3n) is 6.36. The minimum Gasteiger partial charge on any atom is -0.361 e. The summed E-state index contributed by atoms with van der Waals surface area (Å²) >= 11 is 0. The average molecular weight is 406 g/mol. The minimum atomic E-state index is 0.129. The first-order valence-electron chi connectivity index (χ1n) is 11.4. The van der Waals surface area contributed by atoms with Crippen molar-refractivity contribution in [3.05, 3.63) is 29.3 Å². The molecule has 29 heavy (non-hydrogen) atoms. The maximum atomic E-state index is 12.5. The number of anilines is 1. The van der Waals surface area contributed by atoms with E-state index >= 15 is 0 Å². The molecule has 0 bridgehead atoms. The molecule has 2 aliphatic rings. The highest BCUT2D eigenvalue weighted by molar-refractivity contribution is 5.93. The fraction of sp³-hybridized carbons (Fsp3) is 0.696.